The maximum absolute atomic E-state index is 12.5. The minimum Gasteiger partial charge on any atom is -0.486 e. The number of hydrogen-bond acceptors (Lipinski definition) is 7. The topological polar surface area (TPSA) is 104 Å². The summed E-state index contributed by atoms with van der Waals surface area (Å²) in [6, 6.07) is 3.33. The van der Waals surface area contributed by atoms with Gasteiger partial charge in [0.25, 0.3) is 0 Å². The number of benzene rings is 1. The summed E-state index contributed by atoms with van der Waals surface area (Å²) >= 11 is 6.21. The van der Waals surface area contributed by atoms with Crippen LogP contribution in [0.4, 0.5) is 0 Å². The molecule has 0 aromatic heterocycles. The largest absolute Gasteiger partial charge is 0.486 e. The Kier molecular flexibility index (Phi) is 5.19. The van der Waals surface area contributed by atoms with E-state index < -0.39 is 6.10 Å². The summed E-state index contributed by atoms with van der Waals surface area (Å²) in [6.45, 7) is 2.73. The van der Waals surface area contributed by atoms with E-state index in [2.05, 4.69) is 21.5 Å². The monoisotopic (exact) mass is 382 g/mol. The fourth-order valence-electron chi connectivity index (χ4n) is 3.72. The second-order valence-electron chi connectivity index (χ2n) is 6.82. The number of hydrogen-bond donors (Lipinski definition) is 5. The first-order valence-corrected chi connectivity index (χ1v) is 9.28. The predicted octanol–water partition coefficient (Wildman–Crippen LogP) is -0.285. The van der Waals surface area contributed by atoms with E-state index in [1.165, 1.54) is 0 Å². The van der Waals surface area contributed by atoms with Crippen molar-refractivity contribution in [3.63, 3.8) is 0 Å². The summed E-state index contributed by atoms with van der Waals surface area (Å²) in [5.41, 5.74) is 6.84. The highest BCUT2D eigenvalue weighted by Crippen LogP contribution is 2.39. The number of carbonyl (C=O) groups excluding carboxylic acids is 1. The van der Waals surface area contributed by atoms with Crippen LogP contribution in [-0.2, 0) is 4.79 Å². The second-order valence-corrected chi connectivity index (χ2v) is 7.22. The number of aliphatic hydroxyl groups is 1. The molecular formula is C17H23ClN4O4. The number of fused-ring (bicyclic) bond motifs is 2. The Morgan fingerprint density at radius 2 is 2.19 bits per heavy atom. The van der Waals surface area contributed by atoms with Crippen molar-refractivity contribution < 1.29 is 19.4 Å². The molecule has 1 aromatic carbocycles. The molecule has 26 heavy (non-hydrogen) atoms. The third kappa shape index (κ3) is 3.47. The van der Waals surface area contributed by atoms with Gasteiger partial charge in [-0.15, -0.1) is 0 Å². The van der Waals surface area contributed by atoms with Crippen molar-refractivity contribution in [3.05, 3.63) is 22.7 Å². The third-order valence-corrected chi connectivity index (χ3v) is 5.42. The summed E-state index contributed by atoms with van der Waals surface area (Å²) in [5.74, 6) is 1.08. The van der Waals surface area contributed by atoms with Gasteiger partial charge < -0.3 is 25.2 Å². The van der Waals surface area contributed by atoms with Crippen molar-refractivity contribution in [1.29, 1.82) is 0 Å². The summed E-state index contributed by atoms with van der Waals surface area (Å²) in [5, 5.41) is 17.0. The van der Waals surface area contributed by atoms with Gasteiger partial charge in [0, 0.05) is 25.0 Å². The van der Waals surface area contributed by atoms with Crippen LogP contribution in [0.1, 0.15) is 18.1 Å². The number of piperidine rings is 1. The van der Waals surface area contributed by atoms with Crippen LogP contribution in [0, 0.1) is 5.92 Å². The van der Waals surface area contributed by atoms with Gasteiger partial charge >= 0.3 is 0 Å². The molecule has 2 saturated heterocycles. The summed E-state index contributed by atoms with van der Waals surface area (Å²) < 4.78 is 11.0. The normalized spacial score (nSPS) is 28.3. The van der Waals surface area contributed by atoms with Crippen LogP contribution >= 0.6 is 11.6 Å². The van der Waals surface area contributed by atoms with Crippen LogP contribution in [0.3, 0.4) is 0 Å². The van der Waals surface area contributed by atoms with Crippen LogP contribution in [0.2, 0.25) is 5.02 Å². The molecule has 4 atom stereocenters. The summed E-state index contributed by atoms with van der Waals surface area (Å²) in [7, 11) is 0. The Hall–Kier alpha value is -1.58. The van der Waals surface area contributed by atoms with Crippen molar-refractivity contribution in [2.45, 2.75) is 24.6 Å². The molecule has 0 aliphatic carbocycles. The molecule has 3 aliphatic rings. The molecule has 4 unspecified atom stereocenters. The zero-order valence-electron chi connectivity index (χ0n) is 14.3. The molecule has 0 spiro atoms. The number of rotatable bonds is 4. The van der Waals surface area contributed by atoms with Crippen molar-refractivity contribution in [2.24, 2.45) is 5.92 Å². The Labute approximate surface area is 156 Å². The molecule has 0 saturated carbocycles. The molecule has 9 heteroatoms. The molecular weight excluding hydrogens is 360 g/mol. The van der Waals surface area contributed by atoms with Crippen LogP contribution in [0.15, 0.2) is 12.1 Å². The number of amides is 1. The number of carbonyl (C=O) groups is 1. The van der Waals surface area contributed by atoms with E-state index in [1.54, 1.807) is 12.1 Å². The lowest BCUT2D eigenvalue weighted by Gasteiger charge is -2.27. The van der Waals surface area contributed by atoms with Gasteiger partial charge in [0.2, 0.25) is 5.91 Å². The maximum Gasteiger partial charge on any atom is 0.238 e. The van der Waals surface area contributed by atoms with Crippen LogP contribution in [0.25, 0.3) is 0 Å². The molecule has 0 bridgehead atoms. The first-order valence-electron chi connectivity index (χ1n) is 8.90. The fourth-order valence-corrected chi connectivity index (χ4v) is 4.00. The van der Waals surface area contributed by atoms with E-state index in [0.29, 0.717) is 41.3 Å². The first-order chi connectivity index (χ1) is 12.6. The SMILES string of the molecule is O=C(NCC(O)c1cc(Cl)c2c(c1)OCCO2)C1NNC2CCNCC21. The molecule has 1 amide bonds. The van der Waals surface area contributed by atoms with Gasteiger partial charge in [-0.25, -0.2) is 5.43 Å². The van der Waals surface area contributed by atoms with E-state index in [0.717, 1.165) is 19.5 Å². The molecule has 3 heterocycles. The van der Waals surface area contributed by atoms with Gasteiger partial charge in [-0.1, -0.05) is 11.6 Å². The molecule has 142 valence electrons. The van der Waals surface area contributed by atoms with Gasteiger partial charge in [0.1, 0.15) is 19.3 Å². The molecule has 5 N–H and O–H groups in total. The zero-order valence-corrected chi connectivity index (χ0v) is 15.0. The van der Waals surface area contributed by atoms with Crippen LogP contribution < -0.4 is 31.0 Å². The standard InChI is InChI=1S/C17H23ClN4O4/c18-11-5-9(6-14-16(11)26-4-3-25-14)13(23)8-20-17(24)15-10-7-19-2-1-12(10)21-22-15/h5-6,10,12-13,15,19,21-23H,1-4,7-8H2,(H,20,24). The Bertz CT molecular complexity index is 689. The zero-order chi connectivity index (χ0) is 18.1. The highest BCUT2D eigenvalue weighted by Gasteiger charge is 2.41. The maximum atomic E-state index is 12.5. The van der Waals surface area contributed by atoms with Gasteiger partial charge in [-0.05, 0) is 30.7 Å². The number of halogens is 1. The molecule has 4 rings (SSSR count). The summed E-state index contributed by atoms with van der Waals surface area (Å²) in [4.78, 5) is 12.5. The molecule has 0 radical (unpaired) electrons. The van der Waals surface area contributed by atoms with E-state index in [4.69, 9.17) is 21.1 Å². The fraction of sp³-hybridized carbons (Fsp3) is 0.588. The molecule has 2 fully saturated rings. The van der Waals surface area contributed by atoms with E-state index in [1.807, 2.05) is 0 Å². The summed E-state index contributed by atoms with van der Waals surface area (Å²) in [6.07, 6.45) is 0.0988. The lowest BCUT2D eigenvalue weighted by atomic mass is 9.89. The minimum atomic E-state index is -0.887. The van der Waals surface area contributed by atoms with Crippen LogP contribution in [-0.4, -0.2) is 55.9 Å². The Balaban J connectivity index is 1.37. The Morgan fingerprint density at radius 3 is 3.08 bits per heavy atom. The average Bonchev–Trinajstić information content (AvgIpc) is 3.10. The number of aliphatic hydroxyl groups excluding tert-OH is 1. The number of hydrazine groups is 1. The van der Waals surface area contributed by atoms with Gasteiger partial charge in [-0.3, -0.25) is 10.2 Å². The highest BCUT2D eigenvalue weighted by atomic mass is 35.5. The third-order valence-electron chi connectivity index (χ3n) is 5.14. The number of nitrogens with one attached hydrogen (secondary N) is 4. The molecule has 8 nitrogen and oxygen atoms in total. The second kappa shape index (κ2) is 7.58. The highest BCUT2D eigenvalue weighted by molar-refractivity contribution is 6.32. The Morgan fingerprint density at radius 1 is 1.35 bits per heavy atom. The quantitative estimate of drug-likeness (QED) is 0.487. The first kappa shape index (κ1) is 17.8. The molecule has 3 aliphatic heterocycles. The van der Waals surface area contributed by atoms with Crippen LogP contribution in [0.5, 0.6) is 11.5 Å². The average molecular weight is 383 g/mol. The minimum absolute atomic E-state index is 0.0950. The van der Waals surface area contributed by atoms with E-state index >= 15 is 0 Å². The van der Waals surface area contributed by atoms with E-state index in [9.17, 15) is 9.90 Å². The van der Waals surface area contributed by atoms with Crippen molar-refractivity contribution in [2.75, 3.05) is 32.8 Å². The lowest BCUT2D eigenvalue weighted by molar-refractivity contribution is -0.124. The lowest BCUT2D eigenvalue weighted by Crippen LogP contribution is -2.49. The van der Waals surface area contributed by atoms with Gasteiger partial charge in [0.15, 0.2) is 11.5 Å². The predicted molar refractivity (Wildman–Crippen MR) is 95.2 cm³/mol. The number of ether oxygens (including phenoxy) is 2. The van der Waals surface area contributed by atoms with Gasteiger partial charge in [0.05, 0.1) is 11.1 Å². The van der Waals surface area contributed by atoms with Gasteiger partial charge in [-0.2, -0.15) is 0 Å². The van der Waals surface area contributed by atoms with Crippen molar-refractivity contribution in [3.8, 4) is 11.5 Å². The smallest absolute Gasteiger partial charge is 0.238 e. The molecule has 1 aromatic rings. The van der Waals surface area contributed by atoms with Crippen molar-refractivity contribution >= 4 is 17.5 Å². The van der Waals surface area contributed by atoms with E-state index in [-0.39, 0.29) is 24.4 Å². The van der Waals surface area contributed by atoms with Crippen molar-refractivity contribution in [1.82, 2.24) is 21.5 Å².